The number of rotatable bonds is 7. The van der Waals surface area contributed by atoms with Crippen molar-refractivity contribution in [2.24, 2.45) is 0 Å². The zero-order valence-corrected chi connectivity index (χ0v) is 10.5. The number of nitrogens with one attached hydrogen (secondary N) is 1. The summed E-state index contributed by atoms with van der Waals surface area (Å²) in [4.78, 5) is 0. The summed E-state index contributed by atoms with van der Waals surface area (Å²) in [7, 11) is 0. The normalized spacial score (nSPS) is 21.9. The fourth-order valence-corrected chi connectivity index (χ4v) is 1.95. The highest BCUT2D eigenvalue weighted by atomic mass is 16.5. The van der Waals surface area contributed by atoms with Crippen molar-refractivity contribution in [3.8, 4) is 0 Å². The third-order valence-electron chi connectivity index (χ3n) is 2.94. The van der Waals surface area contributed by atoms with Crippen LogP contribution in [-0.4, -0.2) is 43.6 Å². The van der Waals surface area contributed by atoms with Gasteiger partial charge in [0.05, 0.1) is 25.6 Å². The van der Waals surface area contributed by atoms with E-state index in [1.165, 1.54) is 0 Å². The SMILES string of the molecule is OC(CNC1CCCOC1)COCc1ccco1. The smallest absolute Gasteiger partial charge is 0.129 e. The molecule has 0 radical (unpaired) electrons. The second-order valence-corrected chi connectivity index (χ2v) is 4.57. The zero-order chi connectivity index (χ0) is 12.6. The summed E-state index contributed by atoms with van der Waals surface area (Å²) in [6.07, 6.45) is 3.31. The number of hydrogen-bond acceptors (Lipinski definition) is 5. The Balaban J connectivity index is 1.53. The van der Waals surface area contributed by atoms with Crippen LogP contribution in [0, 0.1) is 0 Å². The first-order chi connectivity index (χ1) is 8.84. The Bertz CT molecular complexity index is 309. The standard InChI is InChI=1S/C13H21NO4/c15-12(7-14-11-3-1-5-16-8-11)9-17-10-13-4-2-6-18-13/h2,4,6,11-12,14-15H,1,3,5,7-10H2. The van der Waals surface area contributed by atoms with Gasteiger partial charge in [-0.25, -0.2) is 0 Å². The lowest BCUT2D eigenvalue weighted by molar-refractivity contribution is 0.0155. The fourth-order valence-electron chi connectivity index (χ4n) is 1.95. The first kappa shape index (κ1) is 13.5. The molecule has 1 aromatic rings. The molecule has 0 aliphatic carbocycles. The van der Waals surface area contributed by atoms with Crippen LogP contribution in [-0.2, 0) is 16.1 Å². The molecule has 1 aromatic heterocycles. The Morgan fingerprint density at radius 1 is 1.56 bits per heavy atom. The Morgan fingerprint density at radius 2 is 2.50 bits per heavy atom. The van der Waals surface area contributed by atoms with E-state index in [0.29, 0.717) is 25.8 Å². The molecule has 2 atom stereocenters. The minimum absolute atomic E-state index is 0.307. The van der Waals surface area contributed by atoms with Crippen molar-refractivity contribution < 1.29 is 19.0 Å². The van der Waals surface area contributed by atoms with Gasteiger partial charge in [0.1, 0.15) is 12.4 Å². The lowest BCUT2D eigenvalue weighted by Crippen LogP contribution is -2.41. The second kappa shape index (κ2) is 7.53. The van der Waals surface area contributed by atoms with Crippen LogP contribution in [0.4, 0.5) is 0 Å². The zero-order valence-electron chi connectivity index (χ0n) is 10.5. The topological polar surface area (TPSA) is 63.9 Å². The molecule has 0 saturated carbocycles. The molecule has 1 aliphatic heterocycles. The van der Waals surface area contributed by atoms with Gasteiger partial charge in [-0.15, -0.1) is 0 Å². The summed E-state index contributed by atoms with van der Waals surface area (Å²) < 4.78 is 15.9. The summed E-state index contributed by atoms with van der Waals surface area (Å²) in [5.74, 6) is 0.774. The van der Waals surface area contributed by atoms with Gasteiger partial charge in [0.25, 0.3) is 0 Å². The van der Waals surface area contributed by atoms with E-state index in [4.69, 9.17) is 13.9 Å². The highest BCUT2D eigenvalue weighted by Crippen LogP contribution is 2.06. The highest BCUT2D eigenvalue weighted by Gasteiger charge is 2.14. The van der Waals surface area contributed by atoms with Crippen LogP contribution in [0.3, 0.4) is 0 Å². The van der Waals surface area contributed by atoms with E-state index in [9.17, 15) is 5.11 Å². The van der Waals surface area contributed by atoms with Crippen molar-refractivity contribution in [3.63, 3.8) is 0 Å². The van der Waals surface area contributed by atoms with Crippen LogP contribution in [0.15, 0.2) is 22.8 Å². The quantitative estimate of drug-likeness (QED) is 0.758. The molecule has 2 rings (SSSR count). The van der Waals surface area contributed by atoms with Crippen molar-refractivity contribution >= 4 is 0 Å². The van der Waals surface area contributed by atoms with Crippen molar-refractivity contribution in [1.29, 1.82) is 0 Å². The molecule has 0 aromatic carbocycles. The predicted molar refractivity (Wildman–Crippen MR) is 66.2 cm³/mol. The minimum Gasteiger partial charge on any atom is -0.467 e. The first-order valence-electron chi connectivity index (χ1n) is 6.44. The molecule has 1 fully saturated rings. The van der Waals surface area contributed by atoms with E-state index in [2.05, 4.69) is 5.32 Å². The average Bonchev–Trinajstić information content (AvgIpc) is 2.91. The molecule has 1 aliphatic rings. The van der Waals surface area contributed by atoms with Crippen molar-refractivity contribution in [2.45, 2.75) is 31.6 Å². The summed E-state index contributed by atoms with van der Waals surface area (Å²) in [5.41, 5.74) is 0. The molecule has 5 heteroatoms. The van der Waals surface area contributed by atoms with E-state index in [-0.39, 0.29) is 0 Å². The van der Waals surface area contributed by atoms with Gasteiger partial charge in [0, 0.05) is 19.2 Å². The predicted octanol–water partition coefficient (Wildman–Crippen LogP) is 0.926. The van der Waals surface area contributed by atoms with Crippen LogP contribution < -0.4 is 5.32 Å². The maximum atomic E-state index is 9.75. The molecular formula is C13H21NO4. The highest BCUT2D eigenvalue weighted by molar-refractivity contribution is 4.96. The summed E-state index contributed by atoms with van der Waals surface area (Å²) >= 11 is 0. The minimum atomic E-state index is -0.498. The van der Waals surface area contributed by atoms with E-state index < -0.39 is 6.10 Å². The van der Waals surface area contributed by atoms with E-state index in [1.807, 2.05) is 12.1 Å². The molecule has 18 heavy (non-hydrogen) atoms. The van der Waals surface area contributed by atoms with Crippen molar-refractivity contribution in [3.05, 3.63) is 24.2 Å². The second-order valence-electron chi connectivity index (χ2n) is 4.57. The molecule has 5 nitrogen and oxygen atoms in total. The van der Waals surface area contributed by atoms with Crippen LogP contribution in [0.25, 0.3) is 0 Å². The first-order valence-corrected chi connectivity index (χ1v) is 6.44. The number of aliphatic hydroxyl groups is 1. The molecular weight excluding hydrogens is 234 g/mol. The lowest BCUT2D eigenvalue weighted by atomic mass is 10.1. The Labute approximate surface area is 107 Å². The molecule has 0 spiro atoms. The maximum absolute atomic E-state index is 9.75. The average molecular weight is 255 g/mol. The number of hydrogen-bond donors (Lipinski definition) is 2. The van der Waals surface area contributed by atoms with Gasteiger partial charge in [0.2, 0.25) is 0 Å². The molecule has 2 heterocycles. The van der Waals surface area contributed by atoms with Crippen LogP contribution in [0.2, 0.25) is 0 Å². The van der Waals surface area contributed by atoms with Gasteiger partial charge < -0.3 is 24.3 Å². The lowest BCUT2D eigenvalue weighted by Gasteiger charge is -2.24. The molecule has 2 unspecified atom stereocenters. The van der Waals surface area contributed by atoms with Crippen LogP contribution >= 0.6 is 0 Å². The van der Waals surface area contributed by atoms with Gasteiger partial charge >= 0.3 is 0 Å². The number of aliphatic hydroxyl groups excluding tert-OH is 1. The van der Waals surface area contributed by atoms with E-state index in [1.54, 1.807) is 6.26 Å². The molecule has 0 bridgehead atoms. The van der Waals surface area contributed by atoms with Crippen molar-refractivity contribution in [2.75, 3.05) is 26.4 Å². The molecule has 0 amide bonds. The molecule has 102 valence electrons. The molecule has 2 N–H and O–H groups in total. The largest absolute Gasteiger partial charge is 0.467 e. The Kier molecular flexibility index (Phi) is 5.67. The summed E-state index contributed by atoms with van der Waals surface area (Å²) in [6.45, 7) is 2.83. The van der Waals surface area contributed by atoms with Crippen LogP contribution in [0.1, 0.15) is 18.6 Å². The van der Waals surface area contributed by atoms with Crippen molar-refractivity contribution in [1.82, 2.24) is 5.32 Å². The Hall–Kier alpha value is -0.880. The van der Waals surface area contributed by atoms with Gasteiger partial charge in [-0.1, -0.05) is 0 Å². The van der Waals surface area contributed by atoms with Crippen LogP contribution in [0.5, 0.6) is 0 Å². The number of furan rings is 1. The fraction of sp³-hybridized carbons (Fsp3) is 0.692. The van der Waals surface area contributed by atoms with Gasteiger partial charge in [-0.2, -0.15) is 0 Å². The van der Waals surface area contributed by atoms with Gasteiger partial charge in [-0.3, -0.25) is 0 Å². The summed E-state index contributed by atoms with van der Waals surface area (Å²) in [6, 6.07) is 4.03. The maximum Gasteiger partial charge on any atom is 0.129 e. The van der Waals surface area contributed by atoms with Gasteiger partial charge in [0.15, 0.2) is 0 Å². The van der Waals surface area contributed by atoms with Gasteiger partial charge in [-0.05, 0) is 25.0 Å². The molecule has 1 saturated heterocycles. The third-order valence-corrected chi connectivity index (χ3v) is 2.94. The monoisotopic (exact) mass is 255 g/mol. The Morgan fingerprint density at radius 3 is 3.22 bits per heavy atom. The third kappa shape index (κ3) is 4.78. The number of ether oxygens (including phenoxy) is 2. The van der Waals surface area contributed by atoms with E-state index >= 15 is 0 Å². The summed E-state index contributed by atoms with van der Waals surface area (Å²) in [5, 5.41) is 13.0. The van der Waals surface area contributed by atoms with E-state index in [0.717, 1.165) is 31.8 Å².